The van der Waals surface area contributed by atoms with Gasteiger partial charge in [0.2, 0.25) is 0 Å². The van der Waals surface area contributed by atoms with Crippen LogP contribution in [0.4, 0.5) is 14.5 Å². The molecule has 0 saturated heterocycles. The normalized spacial score (nSPS) is 10.9. The summed E-state index contributed by atoms with van der Waals surface area (Å²) in [4.78, 5) is 4.25. The van der Waals surface area contributed by atoms with Gasteiger partial charge in [0, 0.05) is 23.0 Å². The second kappa shape index (κ2) is 9.71. The van der Waals surface area contributed by atoms with Crippen LogP contribution >= 0.6 is 0 Å². The number of benzene rings is 4. The summed E-state index contributed by atoms with van der Waals surface area (Å²) in [5.74, 6) is -0.517. The van der Waals surface area contributed by atoms with Crippen LogP contribution in [0.3, 0.4) is 0 Å². The summed E-state index contributed by atoms with van der Waals surface area (Å²) in [6.45, 7) is 0.847. The maximum atomic E-state index is 14.9. The molecule has 0 aliphatic carbocycles. The second-order valence-electron chi connectivity index (χ2n) is 8.10. The van der Waals surface area contributed by atoms with E-state index in [9.17, 15) is 8.78 Å². The summed E-state index contributed by atoms with van der Waals surface area (Å²) >= 11 is 0. The number of nitrogens with one attached hydrogen (secondary N) is 1. The Hall–Kier alpha value is -4.25. The van der Waals surface area contributed by atoms with E-state index in [-0.39, 0.29) is 11.6 Å². The quantitative estimate of drug-likeness (QED) is 0.285. The zero-order valence-corrected chi connectivity index (χ0v) is 18.5. The molecule has 0 saturated carbocycles. The minimum atomic E-state index is -0.267. The van der Waals surface area contributed by atoms with Crippen LogP contribution in [-0.4, -0.2) is 9.55 Å². The summed E-state index contributed by atoms with van der Waals surface area (Å²) in [6, 6.07) is 29.5. The van der Waals surface area contributed by atoms with Crippen molar-refractivity contribution in [2.45, 2.75) is 13.1 Å². The second-order valence-corrected chi connectivity index (χ2v) is 8.10. The summed E-state index contributed by atoms with van der Waals surface area (Å²) < 4.78 is 31.2. The molecule has 5 rings (SSSR count). The summed E-state index contributed by atoms with van der Waals surface area (Å²) in [7, 11) is 0. The summed E-state index contributed by atoms with van der Waals surface area (Å²) in [5, 5.41) is 3.33. The first-order valence-corrected chi connectivity index (χ1v) is 11.1. The predicted octanol–water partition coefficient (Wildman–Crippen LogP) is 7.16. The third-order valence-corrected chi connectivity index (χ3v) is 5.82. The molecule has 0 aliphatic heterocycles. The Morgan fingerprint density at radius 1 is 0.706 bits per heavy atom. The highest BCUT2D eigenvalue weighted by Crippen LogP contribution is 2.26. The van der Waals surface area contributed by atoms with Crippen LogP contribution in [0.5, 0.6) is 0 Å². The van der Waals surface area contributed by atoms with Crippen LogP contribution < -0.4 is 5.32 Å². The van der Waals surface area contributed by atoms with Crippen LogP contribution in [0, 0.1) is 11.6 Å². The number of anilines is 1. The van der Waals surface area contributed by atoms with Crippen LogP contribution in [0.2, 0.25) is 0 Å². The number of rotatable bonds is 7. The third kappa shape index (κ3) is 4.74. The van der Waals surface area contributed by atoms with E-state index in [1.165, 1.54) is 6.07 Å². The molecule has 0 atom stereocenters. The van der Waals surface area contributed by atoms with Gasteiger partial charge in [-0.05, 0) is 41.0 Å². The molecule has 1 heterocycles. The van der Waals surface area contributed by atoms with Gasteiger partial charge in [-0.2, -0.15) is 0 Å². The Morgan fingerprint density at radius 2 is 1.44 bits per heavy atom. The molecule has 5 heteroatoms. The van der Waals surface area contributed by atoms with Gasteiger partial charge in [-0.1, -0.05) is 72.8 Å². The maximum Gasteiger partial charge on any atom is 0.131 e. The van der Waals surface area contributed by atoms with Crippen molar-refractivity contribution in [1.29, 1.82) is 0 Å². The molecule has 0 fully saturated rings. The van der Waals surface area contributed by atoms with E-state index in [0.717, 1.165) is 28.1 Å². The first-order valence-electron chi connectivity index (χ1n) is 11.1. The number of hydrogen-bond donors (Lipinski definition) is 1. The largest absolute Gasteiger partial charge is 0.379 e. The lowest BCUT2D eigenvalue weighted by molar-refractivity contribution is 0.596. The molecular formula is C29H23F2N3. The molecule has 0 bridgehead atoms. The maximum absolute atomic E-state index is 14.9. The lowest BCUT2D eigenvalue weighted by atomic mass is 10.0. The third-order valence-electron chi connectivity index (χ3n) is 5.82. The van der Waals surface area contributed by atoms with Crippen molar-refractivity contribution < 1.29 is 8.78 Å². The van der Waals surface area contributed by atoms with E-state index in [2.05, 4.69) is 10.3 Å². The lowest BCUT2D eigenvalue weighted by Gasteiger charge is -2.13. The fourth-order valence-corrected chi connectivity index (χ4v) is 3.97. The van der Waals surface area contributed by atoms with Gasteiger partial charge in [0.05, 0.1) is 25.1 Å². The van der Waals surface area contributed by atoms with E-state index in [1.54, 1.807) is 30.7 Å². The lowest BCUT2D eigenvalue weighted by Crippen LogP contribution is -2.09. The number of halogens is 2. The molecule has 0 aliphatic rings. The molecule has 3 nitrogen and oxygen atoms in total. The molecule has 1 aromatic heterocycles. The predicted molar refractivity (Wildman–Crippen MR) is 132 cm³/mol. The van der Waals surface area contributed by atoms with Gasteiger partial charge < -0.3 is 9.88 Å². The SMILES string of the molecule is Fc1cc(-c2ccccc2)ccc1Cn1cncc1CNc1ccc(F)c(-c2ccccc2)c1. The fourth-order valence-electron chi connectivity index (χ4n) is 3.97. The van der Waals surface area contributed by atoms with E-state index >= 15 is 0 Å². The first kappa shape index (κ1) is 21.6. The number of aromatic nitrogens is 2. The first-order chi connectivity index (χ1) is 16.7. The zero-order chi connectivity index (χ0) is 23.3. The molecule has 1 N–H and O–H groups in total. The van der Waals surface area contributed by atoms with Crippen LogP contribution in [0.1, 0.15) is 11.3 Å². The Morgan fingerprint density at radius 3 is 2.18 bits per heavy atom. The van der Waals surface area contributed by atoms with Gasteiger partial charge in [-0.3, -0.25) is 0 Å². The Balaban J connectivity index is 1.30. The molecule has 0 radical (unpaired) electrons. The van der Waals surface area contributed by atoms with E-state index < -0.39 is 0 Å². The smallest absolute Gasteiger partial charge is 0.131 e. The van der Waals surface area contributed by atoms with Gasteiger partial charge in [0.15, 0.2) is 0 Å². The molecule has 0 spiro atoms. The van der Waals surface area contributed by atoms with Crippen molar-refractivity contribution in [3.05, 3.63) is 132 Å². The van der Waals surface area contributed by atoms with Gasteiger partial charge in [-0.25, -0.2) is 13.8 Å². The monoisotopic (exact) mass is 451 g/mol. The molecule has 5 aromatic rings. The highest BCUT2D eigenvalue weighted by atomic mass is 19.1. The highest BCUT2D eigenvalue weighted by molar-refractivity contribution is 5.68. The molecule has 0 amide bonds. The van der Waals surface area contributed by atoms with Crippen molar-refractivity contribution in [3.63, 3.8) is 0 Å². The minimum Gasteiger partial charge on any atom is -0.379 e. The van der Waals surface area contributed by atoms with Gasteiger partial charge >= 0.3 is 0 Å². The van der Waals surface area contributed by atoms with Crippen molar-refractivity contribution in [3.8, 4) is 22.3 Å². The molecule has 168 valence electrons. The summed E-state index contributed by atoms with van der Waals surface area (Å²) in [5.41, 5.74) is 5.48. The van der Waals surface area contributed by atoms with E-state index in [0.29, 0.717) is 24.2 Å². The van der Waals surface area contributed by atoms with Crippen LogP contribution in [0.15, 0.2) is 110 Å². The number of imidazole rings is 1. The van der Waals surface area contributed by atoms with E-state index in [1.807, 2.05) is 77.4 Å². The van der Waals surface area contributed by atoms with Gasteiger partial charge in [0.1, 0.15) is 11.6 Å². The number of hydrogen-bond acceptors (Lipinski definition) is 2. The Bertz CT molecular complexity index is 1400. The Labute approximate surface area is 197 Å². The van der Waals surface area contributed by atoms with Crippen molar-refractivity contribution in [1.82, 2.24) is 9.55 Å². The van der Waals surface area contributed by atoms with Gasteiger partial charge in [0.25, 0.3) is 0 Å². The minimum absolute atomic E-state index is 0.250. The van der Waals surface area contributed by atoms with Crippen molar-refractivity contribution >= 4 is 5.69 Å². The van der Waals surface area contributed by atoms with Crippen molar-refractivity contribution in [2.24, 2.45) is 0 Å². The average molecular weight is 452 g/mol. The van der Waals surface area contributed by atoms with Gasteiger partial charge in [-0.15, -0.1) is 0 Å². The molecule has 4 aromatic carbocycles. The fraction of sp³-hybridized carbons (Fsp3) is 0.0690. The van der Waals surface area contributed by atoms with Crippen molar-refractivity contribution in [2.75, 3.05) is 5.32 Å². The highest BCUT2D eigenvalue weighted by Gasteiger charge is 2.10. The Kier molecular flexibility index (Phi) is 6.17. The topological polar surface area (TPSA) is 29.9 Å². The molecule has 34 heavy (non-hydrogen) atoms. The molecular weight excluding hydrogens is 428 g/mol. The summed E-state index contributed by atoms with van der Waals surface area (Å²) in [6.07, 6.45) is 3.45. The van der Waals surface area contributed by atoms with E-state index in [4.69, 9.17) is 0 Å². The molecule has 0 unspecified atom stereocenters. The zero-order valence-electron chi connectivity index (χ0n) is 18.5. The standard InChI is InChI=1S/C29H23F2N3/c30-28-14-13-25(16-27(28)22-9-5-2-6-10-22)33-18-26-17-32-20-34(26)19-24-12-11-23(15-29(24)31)21-7-3-1-4-8-21/h1-17,20,33H,18-19H2. The van der Waals surface area contributed by atoms with Crippen LogP contribution in [-0.2, 0) is 13.1 Å². The number of nitrogens with zero attached hydrogens (tertiary/aromatic N) is 2. The average Bonchev–Trinajstić information content (AvgIpc) is 3.32. The van der Waals surface area contributed by atoms with Crippen LogP contribution in [0.25, 0.3) is 22.3 Å².